The fourth-order valence-electron chi connectivity index (χ4n) is 0.291. The van der Waals surface area contributed by atoms with Crippen molar-refractivity contribution in [3.8, 4) is 0 Å². The van der Waals surface area contributed by atoms with Gasteiger partial charge in [-0.1, -0.05) is 0 Å². The third-order valence-electron chi connectivity index (χ3n) is 0.649. The lowest BCUT2D eigenvalue weighted by molar-refractivity contribution is 0.166. The highest BCUT2D eigenvalue weighted by molar-refractivity contribution is 8.32. The van der Waals surface area contributed by atoms with Crippen molar-refractivity contribution in [3.63, 3.8) is 0 Å². The second-order valence-corrected chi connectivity index (χ2v) is 2.51. The average Bonchev–Trinajstić information content (AvgIpc) is 1.98. The van der Waals surface area contributed by atoms with Gasteiger partial charge in [-0.25, -0.2) is 4.79 Å². The van der Waals surface area contributed by atoms with E-state index in [1.54, 1.807) is 0 Å². The molecule has 0 aromatic heterocycles. The number of halogens is 2. The van der Waals surface area contributed by atoms with Gasteiger partial charge in [0, 0.05) is 6.42 Å². The molecule has 6 heteroatoms. The summed E-state index contributed by atoms with van der Waals surface area (Å²) >= 11 is 4.88. The summed E-state index contributed by atoms with van der Waals surface area (Å²) < 4.78 is 8.75. The molecule has 0 bridgehead atoms. The third kappa shape index (κ3) is 6.48. The predicted molar refractivity (Wildman–Crippen MR) is 41.2 cm³/mol. The molecule has 0 aromatic carbocycles. The van der Waals surface area contributed by atoms with Crippen LogP contribution in [0.2, 0.25) is 0 Å². The first-order valence-corrected chi connectivity index (χ1v) is 4.45. The highest BCUT2D eigenvalue weighted by Gasteiger charge is 1.98. The monoisotopic (exact) mass is 204 g/mol. The van der Waals surface area contributed by atoms with Crippen molar-refractivity contribution in [1.82, 2.24) is 0 Å². The van der Waals surface area contributed by atoms with Gasteiger partial charge in [0.25, 0.3) is 0 Å². The Morgan fingerprint density at radius 3 is 2.70 bits per heavy atom. The Labute approximate surface area is 72.6 Å². The number of carbonyl (C=O) groups excluding carboxylic acids is 1. The van der Waals surface area contributed by atoms with Crippen molar-refractivity contribution in [2.75, 3.05) is 13.2 Å². The van der Waals surface area contributed by atoms with E-state index in [1.807, 2.05) is 0 Å². The van der Waals surface area contributed by atoms with Crippen LogP contribution in [0.5, 0.6) is 0 Å². The van der Waals surface area contributed by atoms with Crippen LogP contribution in [0.1, 0.15) is 6.42 Å². The van der Waals surface area contributed by atoms with Crippen molar-refractivity contribution in [2.45, 2.75) is 6.42 Å². The summed E-state index contributed by atoms with van der Waals surface area (Å²) in [6, 6.07) is 0. The highest BCUT2D eigenvalue weighted by Crippen LogP contribution is 2.09. The quantitative estimate of drug-likeness (QED) is 0.521. The normalized spacial score (nSPS) is 9.40. The molecule has 0 aliphatic heterocycles. The standard InChI is InChI=1S/C4H6Cl2O3S/c5-9-3-1-2-8-4(7)10-6/h1-3H2. The Balaban J connectivity index is 2.96. The molecule has 0 amide bonds. The Morgan fingerprint density at radius 2 is 2.20 bits per heavy atom. The van der Waals surface area contributed by atoms with E-state index >= 15 is 0 Å². The van der Waals surface area contributed by atoms with E-state index in [-0.39, 0.29) is 6.61 Å². The number of hydrogen-bond donors (Lipinski definition) is 0. The van der Waals surface area contributed by atoms with Crippen LogP contribution < -0.4 is 0 Å². The number of rotatable bonds is 4. The first-order chi connectivity index (χ1) is 4.81. The largest absolute Gasteiger partial charge is 0.457 e. The van der Waals surface area contributed by atoms with E-state index in [0.29, 0.717) is 24.0 Å². The minimum atomic E-state index is -0.503. The molecule has 0 heterocycles. The maximum Gasteiger partial charge on any atom is 0.382 e. The Bertz CT molecular complexity index is 101. The van der Waals surface area contributed by atoms with E-state index in [1.165, 1.54) is 0 Å². The van der Waals surface area contributed by atoms with Gasteiger partial charge in [-0.05, 0) is 10.7 Å². The van der Waals surface area contributed by atoms with Crippen molar-refractivity contribution < 1.29 is 13.8 Å². The van der Waals surface area contributed by atoms with E-state index in [2.05, 4.69) is 9.03 Å². The molecule has 0 radical (unpaired) electrons. The van der Waals surface area contributed by atoms with Gasteiger partial charge in [-0.15, -0.1) is 0 Å². The molecule has 0 aliphatic rings. The molecule has 0 spiro atoms. The van der Waals surface area contributed by atoms with E-state index in [0.717, 1.165) is 0 Å². The maximum absolute atomic E-state index is 10.3. The van der Waals surface area contributed by atoms with Crippen LogP contribution in [-0.4, -0.2) is 18.5 Å². The van der Waals surface area contributed by atoms with Gasteiger partial charge >= 0.3 is 5.30 Å². The Morgan fingerprint density at radius 1 is 1.50 bits per heavy atom. The highest BCUT2D eigenvalue weighted by atomic mass is 35.7. The summed E-state index contributed by atoms with van der Waals surface area (Å²) in [5, 5.41) is -0.503. The van der Waals surface area contributed by atoms with Crippen molar-refractivity contribution in [3.05, 3.63) is 0 Å². The molecule has 0 saturated heterocycles. The van der Waals surface area contributed by atoms with E-state index < -0.39 is 5.30 Å². The van der Waals surface area contributed by atoms with Crippen LogP contribution in [0.15, 0.2) is 0 Å². The summed E-state index contributed by atoms with van der Waals surface area (Å²) in [6.07, 6.45) is 0.576. The smallest absolute Gasteiger partial charge is 0.382 e. The predicted octanol–water partition coefficient (Wildman–Crippen LogP) is 2.57. The van der Waals surface area contributed by atoms with Gasteiger partial charge in [0.05, 0.1) is 36.1 Å². The van der Waals surface area contributed by atoms with Crippen molar-refractivity contribution >= 4 is 38.8 Å². The lowest BCUT2D eigenvalue weighted by Gasteiger charge is -1.98. The molecular weight excluding hydrogens is 199 g/mol. The second kappa shape index (κ2) is 7.47. The zero-order valence-electron chi connectivity index (χ0n) is 5.01. The molecule has 0 aromatic rings. The van der Waals surface area contributed by atoms with Crippen LogP contribution in [0.25, 0.3) is 0 Å². The van der Waals surface area contributed by atoms with E-state index in [4.69, 9.17) is 22.5 Å². The molecule has 60 valence electrons. The summed E-state index contributed by atoms with van der Waals surface area (Å²) in [5.74, 6) is 0. The average molecular weight is 205 g/mol. The molecule has 0 saturated carbocycles. The first-order valence-electron chi connectivity index (χ1n) is 2.50. The van der Waals surface area contributed by atoms with Gasteiger partial charge in [-0.2, -0.15) is 0 Å². The molecule has 0 atom stereocenters. The van der Waals surface area contributed by atoms with Crippen molar-refractivity contribution in [2.24, 2.45) is 0 Å². The molecule has 0 fully saturated rings. The SMILES string of the molecule is O=C(OCCCOCl)SCl. The third-order valence-corrected chi connectivity index (χ3v) is 1.42. The zero-order chi connectivity index (χ0) is 7.82. The molecular formula is C4H6Cl2O3S. The lowest BCUT2D eigenvalue weighted by Crippen LogP contribution is -1.99. The van der Waals surface area contributed by atoms with Crippen LogP contribution in [0.4, 0.5) is 4.79 Å². The lowest BCUT2D eigenvalue weighted by atomic mass is 10.5. The van der Waals surface area contributed by atoms with Crippen molar-refractivity contribution in [1.29, 1.82) is 0 Å². The molecule has 0 aliphatic carbocycles. The summed E-state index contributed by atoms with van der Waals surface area (Å²) in [4.78, 5) is 10.3. The van der Waals surface area contributed by atoms with Crippen LogP contribution in [0.3, 0.4) is 0 Å². The van der Waals surface area contributed by atoms with Crippen LogP contribution in [-0.2, 0) is 9.03 Å². The van der Waals surface area contributed by atoms with Gasteiger partial charge in [0.1, 0.15) is 0 Å². The number of hydrogen-bond acceptors (Lipinski definition) is 4. The van der Waals surface area contributed by atoms with Crippen LogP contribution in [0, 0.1) is 0 Å². The zero-order valence-corrected chi connectivity index (χ0v) is 7.34. The van der Waals surface area contributed by atoms with Gasteiger partial charge in [0.15, 0.2) is 0 Å². The molecule has 0 rings (SSSR count). The minimum absolute atomic E-state index is 0.283. The Kier molecular flexibility index (Phi) is 7.74. The first kappa shape index (κ1) is 10.4. The molecule has 3 nitrogen and oxygen atoms in total. The van der Waals surface area contributed by atoms with Gasteiger partial charge < -0.3 is 4.74 Å². The molecule has 10 heavy (non-hydrogen) atoms. The topological polar surface area (TPSA) is 35.5 Å². The summed E-state index contributed by atoms with van der Waals surface area (Å²) in [5.41, 5.74) is 0. The van der Waals surface area contributed by atoms with E-state index in [9.17, 15) is 4.79 Å². The van der Waals surface area contributed by atoms with Crippen LogP contribution >= 0.6 is 33.5 Å². The maximum atomic E-state index is 10.3. The number of carbonyl (C=O) groups is 1. The fraction of sp³-hybridized carbons (Fsp3) is 0.750. The second-order valence-electron chi connectivity index (χ2n) is 1.34. The summed E-state index contributed by atoms with van der Waals surface area (Å²) in [7, 11) is 5.57. The van der Waals surface area contributed by atoms with Gasteiger partial charge in [0.2, 0.25) is 0 Å². The number of ether oxygens (including phenoxy) is 1. The summed E-state index contributed by atoms with van der Waals surface area (Å²) in [6.45, 7) is 0.646. The molecule has 0 unspecified atom stereocenters. The minimum Gasteiger partial charge on any atom is -0.457 e. The molecule has 0 N–H and O–H groups in total. The Hall–Kier alpha value is 0.360. The fourth-order valence-corrected chi connectivity index (χ4v) is 0.662. The van der Waals surface area contributed by atoms with Gasteiger partial charge in [-0.3, -0.25) is 4.29 Å².